The molecule has 2 amide bonds. The molecule has 1 saturated carbocycles. The van der Waals surface area contributed by atoms with Crippen molar-refractivity contribution >= 4 is 29.2 Å². The largest absolute Gasteiger partial charge is 0.508 e. The predicted molar refractivity (Wildman–Crippen MR) is 149 cm³/mol. The van der Waals surface area contributed by atoms with E-state index >= 15 is 0 Å². The first-order chi connectivity index (χ1) is 19.0. The maximum absolute atomic E-state index is 13.0. The van der Waals surface area contributed by atoms with Gasteiger partial charge in [-0.05, 0) is 60.7 Å². The summed E-state index contributed by atoms with van der Waals surface area (Å²) in [6, 6.07) is 12.4. The number of carbonyl (C=O) groups is 1. The molecule has 40 heavy (non-hydrogen) atoms. The van der Waals surface area contributed by atoms with Crippen LogP contribution in [0.2, 0.25) is 5.02 Å². The van der Waals surface area contributed by atoms with Crippen molar-refractivity contribution in [2.45, 2.75) is 44.4 Å². The molecule has 214 valence electrons. The van der Waals surface area contributed by atoms with Crippen LogP contribution in [0, 0.1) is 5.41 Å². The zero-order chi connectivity index (χ0) is 28.9. The molecule has 1 aliphatic carbocycles. The van der Waals surface area contributed by atoms with Gasteiger partial charge in [-0.1, -0.05) is 29.8 Å². The second kappa shape index (κ2) is 12.7. The van der Waals surface area contributed by atoms with Crippen LogP contribution in [0.5, 0.6) is 5.75 Å². The van der Waals surface area contributed by atoms with Gasteiger partial charge in [-0.3, -0.25) is 20.2 Å². The van der Waals surface area contributed by atoms with E-state index in [1.807, 2.05) is 18.2 Å². The molecule has 0 unspecified atom stereocenters. The Morgan fingerprint density at radius 2 is 1.90 bits per heavy atom. The van der Waals surface area contributed by atoms with Gasteiger partial charge in [0.25, 0.3) is 0 Å². The summed E-state index contributed by atoms with van der Waals surface area (Å²) in [7, 11) is 0. The SMILES string of the molecule is N=C(c1ccc(O)cc1)N(CCC(F)(F)F)C(=O)NC/C(N)=C1\CCN(C2CC2)CC1=NCc1ccccc1Cl. The number of alkyl halides is 3. The molecule has 1 aliphatic heterocycles. The zero-order valence-electron chi connectivity index (χ0n) is 21.8. The zero-order valence-corrected chi connectivity index (χ0v) is 22.6. The summed E-state index contributed by atoms with van der Waals surface area (Å²) >= 11 is 6.31. The summed E-state index contributed by atoms with van der Waals surface area (Å²) in [4.78, 5) is 20.9. The van der Waals surface area contributed by atoms with Gasteiger partial charge < -0.3 is 16.2 Å². The Labute approximate surface area is 235 Å². The fraction of sp³-hybridized carbons (Fsp3) is 0.393. The average molecular weight is 577 g/mol. The van der Waals surface area contributed by atoms with Crippen LogP contribution in [0.1, 0.15) is 36.8 Å². The van der Waals surface area contributed by atoms with Gasteiger partial charge in [0.1, 0.15) is 11.6 Å². The van der Waals surface area contributed by atoms with Crippen molar-refractivity contribution in [2.24, 2.45) is 10.7 Å². The minimum Gasteiger partial charge on any atom is -0.508 e. The van der Waals surface area contributed by atoms with Gasteiger partial charge in [-0.2, -0.15) is 13.2 Å². The van der Waals surface area contributed by atoms with E-state index in [4.69, 9.17) is 27.7 Å². The van der Waals surface area contributed by atoms with Crippen molar-refractivity contribution in [3.8, 4) is 5.75 Å². The molecule has 2 fully saturated rings. The van der Waals surface area contributed by atoms with Crippen LogP contribution in [-0.2, 0) is 6.54 Å². The van der Waals surface area contributed by atoms with E-state index in [-0.39, 0.29) is 17.9 Å². The summed E-state index contributed by atoms with van der Waals surface area (Å²) in [6.45, 7) is 0.914. The van der Waals surface area contributed by atoms with Crippen LogP contribution in [0.3, 0.4) is 0 Å². The van der Waals surface area contributed by atoms with Crippen molar-refractivity contribution in [1.82, 2.24) is 15.1 Å². The van der Waals surface area contributed by atoms with Gasteiger partial charge in [0.2, 0.25) is 0 Å². The molecule has 0 aromatic heterocycles. The molecule has 8 nitrogen and oxygen atoms in total. The second-order valence-electron chi connectivity index (χ2n) is 9.88. The summed E-state index contributed by atoms with van der Waals surface area (Å²) in [6.07, 6.45) is -2.89. The number of amides is 2. The third-order valence-corrected chi connectivity index (χ3v) is 7.27. The maximum atomic E-state index is 13.0. The highest BCUT2D eigenvalue weighted by Crippen LogP contribution is 2.31. The van der Waals surface area contributed by atoms with Crippen molar-refractivity contribution < 1.29 is 23.1 Å². The Balaban J connectivity index is 1.50. The number of carbonyl (C=O) groups excluding carboxylic acids is 1. The molecule has 1 saturated heterocycles. The number of nitrogens with one attached hydrogen (secondary N) is 2. The van der Waals surface area contributed by atoms with Crippen LogP contribution in [0.25, 0.3) is 0 Å². The van der Waals surface area contributed by atoms with Crippen molar-refractivity contribution in [2.75, 3.05) is 26.2 Å². The molecule has 12 heteroatoms. The highest BCUT2D eigenvalue weighted by Gasteiger charge is 2.34. The van der Waals surface area contributed by atoms with Crippen molar-refractivity contribution in [1.29, 1.82) is 5.41 Å². The minimum absolute atomic E-state index is 0.0676. The fourth-order valence-corrected chi connectivity index (χ4v) is 4.71. The van der Waals surface area contributed by atoms with Gasteiger partial charge in [0.05, 0.1) is 25.2 Å². The Bertz CT molecular complexity index is 1290. The Hall–Kier alpha value is -3.57. The van der Waals surface area contributed by atoms with Gasteiger partial charge in [0, 0.05) is 42.0 Å². The Morgan fingerprint density at radius 1 is 1.20 bits per heavy atom. The molecule has 1 heterocycles. The number of hydrogen-bond donors (Lipinski definition) is 4. The summed E-state index contributed by atoms with van der Waals surface area (Å²) in [5.74, 6) is -0.491. The third-order valence-electron chi connectivity index (χ3n) is 6.90. The number of nitrogens with two attached hydrogens (primary N) is 1. The first kappa shape index (κ1) is 29.4. The monoisotopic (exact) mass is 576 g/mol. The molecule has 0 atom stereocenters. The van der Waals surface area contributed by atoms with Crippen LogP contribution < -0.4 is 11.1 Å². The lowest BCUT2D eigenvalue weighted by Crippen LogP contribution is -2.46. The number of hydrogen-bond acceptors (Lipinski definition) is 6. The Kier molecular flexibility index (Phi) is 9.36. The lowest BCUT2D eigenvalue weighted by Gasteiger charge is -2.31. The number of phenolic OH excluding ortho intramolecular Hbond substituents is 1. The highest BCUT2D eigenvalue weighted by atomic mass is 35.5. The number of urea groups is 1. The van der Waals surface area contributed by atoms with Gasteiger partial charge >= 0.3 is 12.2 Å². The first-order valence-corrected chi connectivity index (χ1v) is 13.4. The molecule has 4 rings (SSSR count). The van der Waals surface area contributed by atoms with E-state index in [1.54, 1.807) is 6.07 Å². The Morgan fingerprint density at radius 3 is 2.55 bits per heavy atom. The van der Waals surface area contributed by atoms with E-state index in [0.717, 1.165) is 41.1 Å². The van der Waals surface area contributed by atoms with Gasteiger partial charge in [-0.25, -0.2) is 4.79 Å². The lowest BCUT2D eigenvalue weighted by atomic mass is 9.98. The van der Waals surface area contributed by atoms with E-state index in [0.29, 0.717) is 36.3 Å². The average Bonchev–Trinajstić information content (AvgIpc) is 3.77. The normalized spacial score (nSPS) is 18.4. The number of aromatic hydroxyl groups is 1. The first-order valence-electron chi connectivity index (χ1n) is 13.0. The standard InChI is InChI=1S/C28H32ClF3N6O2/c29-23-4-2-1-3-19(23)15-35-25-17-37(20-7-8-20)13-11-22(25)24(33)16-36-27(40)38(14-12-28(30,31)32)26(34)18-5-9-21(39)10-6-18/h1-6,9-10,20,34,39H,7-8,11-17,33H2,(H,36,40)/b24-22-,34-26?,35-25?. The van der Waals surface area contributed by atoms with Crippen LogP contribution in [0.15, 0.2) is 64.8 Å². The van der Waals surface area contributed by atoms with Crippen molar-refractivity contribution in [3.05, 3.63) is 76.0 Å². The molecule has 2 aromatic carbocycles. The number of phenols is 1. The quantitative estimate of drug-likeness (QED) is 0.260. The molecular formula is C28H32ClF3N6O2. The topological polar surface area (TPSA) is 118 Å². The summed E-state index contributed by atoms with van der Waals surface area (Å²) < 4.78 is 39.0. The molecule has 2 aliphatic rings. The molecule has 5 N–H and O–H groups in total. The molecule has 0 radical (unpaired) electrons. The molecule has 0 bridgehead atoms. The van der Waals surface area contributed by atoms with Gasteiger partial charge in [0.15, 0.2) is 0 Å². The van der Waals surface area contributed by atoms with Gasteiger partial charge in [-0.15, -0.1) is 0 Å². The van der Waals surface area contributed by atoms with Crippen LogP contribution >= 0.6 is 11.6 Å². The number of nitrogens with zero attached hydrogens (tertiary/aromatic N) is 3. The van der Waals surface area contributed by atoms with E-state index < -0.39 is 31.0 Å². The number of aliphatic imine (C=N–C) groups is 1. The van der Waals surface area contributed by atoms with E-state index in [9.17, 15) is 23.1 Å². The molecule has 2 aromatic rings. The predicted octanol–water partition coefficient (Wildman–Crippen LogP) is 5.06. The van der Waals surface area contributed by atoms with Crippen LogP contribution in [0.4, 0.5) is 18.0 Å². The van der Waals surface area contributed by atoms with Crippen LogP contribution in [-0.4, -0.2) is 70.9 Å². The number of rotatable bonds is 8. The highest BCUT2D eigenvalue weighted by molar-refractivity contribution is 6.31. The number of likely N-dealkylation sites (tertiary alicyclic amines) is 1. The fourth-order valence-electron chi connectivity index (χ4n) is 4.52. The number of halogens is 4. The van der Waals surface area contributed by atoms with Crippen molar-refractivity contribution in [3.63, 3.8) is 0 Å². The van der Waals surface area contributed by atoms with E-state index in [1.165, 1.54) is 24.3 Å². The summed E-state index contributed by atoms with van der Waals surface area (Å²) in [5, 5.41) is 21.1. The second-order valence-corrected chi connectivity index (χ2v) is 10.3. The minimum atomic E-state index is -4.52. The number of amidine groups is 1. The number of piperidine rings is 1. The lowest BCUT2D eigenvalue weighted by molar-refractivity contribution is -0.135. The smallest absolute Gasteiger partial charge is 0.390 e. The maximum Gasteiger partial charge on any atom is 0.390 e. The summed E-state index contributed by atoms with van der Waals surface area (Å²) in [5.41, 5.74) is 9.46. The van der Waals surface area contributed by atoms with E-state index in [2.05, 4.69) is 10.2 Å². The number of benzene rings is 2. The molecule has 0 spiro atoms. The third kappa shape index (κ3) is 7.98. The molecular weight excluding hydrogens is 545 g/mol.